The van der Waals surface area contributed by atoms with Crippen LogP contribution >= 0.6 is 0 Å². The Morgan fingerprint density at radius 2 is 2.09 bits per heavy atom. The first kappa shape index (κ1) is 16.3. The van der Waals surface area contributed by atoms with Gasteiger partial charge in [0, 0.05) is 6.04 Å². The summed E-state index contributed by atoms with van der Waals surface area (Å²) in [6.07, 6.45) is 2.19. The molecule has 0 spiro atoms. The van der Waals surface area contributed by atoms with Crippen LogP contribution in [0.4, 0.5) is 4.79 Å². The number of alkyl carbamates (subject to hydrolysis) is 1. The molecular weight excluding hydrogens is 284 g/mol. The maximum atomic E-state index is 11.8. The maximum absolute atomic E-state index is 11.8. The zero-order valence-electron chi connectivity index (χ0n) is 13.0. The molecule has 6 nitrogen and oxygen atoms in total. The van der Waals surface area contributed by atoms with E-state index in [1.165, 1.54) is 7.11 Å². The third kappa shape index (κ3) is 4.21. The highest BCUT2D eigenvalue weighted by Crippen LogP contribution is 2.25. The van der Waals surface area contributed by atoms with Crippen LogP contribution in [0.1, 0.15) is 18.4 Å². The molecule has 0 saturated carbocycles. The van der Waals surface area contributed by atoms with Crippen LogP contribution in [0.15, 0.2) is 24.3 Å². The van der Waals surface area contributed by atoms with Crippen LogP contribution in [0.25, 0.3) is 0 Å². The molecule has 120 valence electrons. The number of amides is 2. The van der Waals surface area contributed by atoms with Gasteiger partial charge in [-0.2, -0.15) is 0 Å². The smallest absolute Gasteiger partial charge is 0.413 e. The number of benzene rings is 1. The lowest BCUT2D eigenvalue weighted by Gasteiger charge is -2.24. The first-order chi connectivity index (χ1) is 10.6. The zero-order valence-corrected chi connectivity index (χ0v) is 13.0. The summed E-state index contributed by atoms with van der Waals surface area (Å²) in [6, 6.07) is 8.20. The number of nitrogens with zero attached hydrogens (tertiary/aromatic N) is 1. The summed E-state index contributed by atoms with van der Waals surface area (Å²) in [7, 11) is 2.90. The van der Waals surface area contributed by atoms with Gasteiger partial charge in [0.1, 0.15) is 5.75 Å². The van der Waals surface area contributed by atoms with Gasteiger partial charge in [-0.3, -0.25) is 15.0 Å². The molecule has 0 aliphatic carbocycles. The summed E-state index contributed by atoms with van der Waals surface area (Å²) >= 11 is 0. The molecule has 0 aromatic heterocycles. The Morgan fingerprint density at radius 1 is 1.32 bits per heavy atom. The van der Waals surface area contributed by atoms with E-state index in [0.717, 1.165) is 37.1 Å². The average molecular weight is 306 g/mol. The van der Waals surface area contributed by atoms with Gasteiger partial charge in [0.25, 0.3) is 0 Å². The number of hydrogen-bond acceptors (Lipinski definition) is 5. The highest BCUT2D eigenvalue weighted by atomic mass is 16.5. The zero-order chi connectivity index (χ0) is 15.9. The molecule has 1 N–H and O–H groups in total. The van der Waals surface area contributed by atoms with Crippen molar-refractivity contribution >= 4 is 12.0 Å². The number of nitrogens with one attached hydrogen (secondary N) is 1. The van der Waals surface area contributed by atoms with Crippen LogP contribution in [-0.4, -0.2) is 50.3 Å². The van der Waals surface area contributed by atoms with Gasteiger partial charge in [-0.15, -0.1) is 0 Å². The number of methoxy groups -OCH3 is 2. The minimum atomic E-state index is -0.717. The van der Waals surface area contributed by atoms with Gasteiger partial charge >= 0.3 is 6.09 Å². The SMILES string of the molecule is COC(=O)NC(=O)CN1CCC[C@H]1Cc1ccccc1OC. The molecule has 2 rings (SSSR count). The summed E-state index contributed by atoms with van der Waals surface area (Å²) in [5.41, 5.74) is 1.13. The van der Waals surface area contributed by atoms with E-state index in [1.54, 1.807) is 7.11 Å². The summed E-state index contributed by atoms with van der Waals surface area (Å²) < 4.78 is 9.81. The number of ether oxygens (including phenoxy) is 2. The number of para-hydroxylation sites is 1. The third-order valence-electron chi connectivity index (χ3n) is 3.92. The number of carbonyl (C=O) groups excluding carboxylic acids is 2. The molecule has 1 aliphatic rings. The average Bonchev–Trinajstić information content (AvgIpc) is 2.94. The van der Waals surface area contributed by atoms with Crippen LogP contribution in [0, 0.1) is 0 Å². The number of imide groups is 1. The number of rotatable bonds is 5. The second-order valence-electron chi connectivity index (χ2n) is 5.32. The van der Waals surface area contributed by atoms with Crippen molar-refractivity contribution in [2.45, 2.75) is 25.3 Å². The van der Waals surface area contributed by atoms with Gasteiger partial charge in [-0.05, 0) is 37.4 Å². The predicted molar refractivity (Wildman–Crippen MR) is 81.8 cm³/mol. The molecule has 0 bridgehead atoms. The fourth-order valence-corrected chi connectivity index (χ4v) is 2.85. The Bertz CT molecular complexity index is 533. The maximum Gasteiger partial charge on any atom is 0.413 e. The molecule has 1 heterocycles. The summed E-state index contributed by atoms with van der Waals surface area (Å²) in [6.45, 7) is 1.06. The van der Waals surface area contributed by atoms with Crippen LogP contribution in [0.3, 0.4) is 0 Å². The van der Waals surface area contributed by atoms with E-state index in [-0.39, 0.29) is 18.5 Å². The highest BCUT2D eigenvalue weighted by molar-refractivity contribution is 5.92. The van der Waals surface area contributed by atoms with E-state index < -0.39 is 6.09 Å². The van der Waals surface area contributed by atoms with Crippen LogP contribution < -0.4 is 10.1 Å². The number of carbonyl (C=O) groups is 2. The minimum Gasteiger partial charge on any atom is -0.496 e. The second kappa shape index (κ2) is 7.79. The minimum absolute atomic E-state index is 0.203. The summed E-state index contributed by atoms with van der Waals surface area (Å²) in [5.74, 6) is 0.534. The standard InChI is InChI=1S/C16H22N2O4/c1-21-14-8-4-3-6-12(14)10-13-7-5-9-18(13)11-15(19)17-16(20)22-2/h3-4,6,8,13H,5,7,9-11H2,1-2H3,(H,17,19,20)/t13-/m0/s1. The first-order valence-electron chi connectivity index (χ1n) is 7.37. The van der Waals surface area contributed by atoms with Crippen LogP contribution in [0.5, 0.6) is 5.75 Å². The lowest BCUT2D eigenvalue weighted by Crippen LogP contribution is -2.42. The Labute approximate surface area is 130 Å². The summed E-state index contributed by atoms with van der Waals surface area (Å²) in [5, 5.41) is 2.20. The van der Waals surface area contributed by atoms with Crippen molar-refractivity contribution in [2.24, 2.45) is 0 Å². The van der Waals surface area contributed by atoms with E-state index in [9.17, 15) is 9.59 Å². The Hall–Kier alpha value is -2.08. The van der Waals surface area contributed by atoms with Crippen LogP contribution in [-0.2, 0) is 16.0 Å². The van der Waals surface area contributed by atoms with Gasteiger partial charge in [0.15, 0.2) is 0 Å². The van der Waals surface area contributed by atoms with Gasteiger partial charge in [0.05, 0.1) is 20.8 Å². The van der Waals surface area contributed by atoms with Crippen molar-refractivity contribution in [3.8, 4) is 5.75 Å². The molecule has 1 atom stereocenters. The van der Waals surface area contributed by atoms with E-state index in [1.807, 2.05) is 24.3 Å². The molecule has 1 aromatic rings. The van der Waals surface area contributed by atoms with E-state index in [4.69, 9.17) is 4.74 Å². The van der Waals surface area contributed by atoms with Gasteiger partial charge in [-0.1, -0.05) is 18.2 Å². The monoisotopic (exact) mass is 306 g/mol. The quantitative estimate of drug-likeness (QED) is 0.894. The fourth-order valence-electron chi connectivity index (χ4n) is 2.85. The van der Waals surface area contributed by atoms with Gasteiger partial charge in [-0.25, -0.2) is 4.79 Å². The lowest BCUT2D eigenvalue weighted by atomic mass is 10.0. The highest BCUT2D eigenvalue weighted by Gasteiger charge is 2.27. The van der Waals surface area contributed by atoms with Crippen molar-refractivity contribution < 1.29 is 19.1 Å². The second-order valence-corrected chi connectivity index (χ2v) is 5.32. The van der Waals surface area contributed by atoms with Gasteiger partial charge in [0.2, 0.25) is 5.91 Å². The predicted octanol–water partition coefficient (Wildman–Crippen LogP) is 1.58. The third-order valence-corrected chi connectivity index (χ3v) is 3.92. The molecule has 1 saturated heterocycles. The first-order valence-corrected chi connectivity index (χ1v) is 7.37. The number of hydrogen-bond donors (Lipinski definition) is 1. The molecular formula is C16H22N2O4. The Morgan fingerprint density at radius 3 is 2.82 bits per heavy atom. The molecule has 0 radical (unpaired) electrons. The van der Waals surface area contributed by atoms with Crippen molar-refractivity contribution in [3.05, 3.63) is 29.8 Å². The van der Waals surface area contributed by atoms with Crippen molar-refractivity contribution in [2.75, 3.05) is 27.3 Å². The van der Waals surface area contributed by atoms with E-state index in [0.29, 0.717) is 0 Å². The topological polar surface area (TPSA) is 67.9 Å². The van der Waals surface area contributed by atoms with Crippen LogP contribution in [0.2, 0.25) is 0 Å². The molecule has 1 aromatic carbocycles. The molecule has 6 heteroatoms. The Kier molecular flexibility index (Phi) is 5.77. The van der Waals surface area contributed by atoms with Gasteiger partial charge < -0.3 is 9.47 Å². The van der Waals surface area contributed by atoms with E-state index >= 15 is 0 Å². The largest absolute Gasteiger partial charge is 0.496 e. The van der Waals surface area contributed by atoms with Crippen molar-refractivity contribution in [1.82, 2.24) is 10.2 Å². The lowest BCUT2D eigenvalue weighted by molar-refractivity contribution is -0.121. The fraction of sp³-hybridized carbons (Fsp3) is 0.500. The Balaban J connectivity index is 1.96. The summed E-state index contributed by atoms with van der Waals surface area (Å²) in [4.78, 5) is 25.0. The van der Waals surface area contributed by atoms with E-state index in [2.05, 4.69) is 15.0 Å². The normalized spacial score (nSPS) is 18.0. The molecule has 2 amide bonds. The molecule has 22 heavy (non-hydrogen) atoms. The van der Waals surface area contributed by atoms with Crippen molar-refractivity contribution in [1.29, 1.82) is 0 Å². The molecule has 1 fully saturated rings. The molecule has 0 unspecified atom stereocenters. The molecule has 1 aliphatic heterocycles. The number of likely N-dealkylation sites (tertiary alicyclic amines) is 1. The van der Waals surface area contributed by atoms with Crippen molar-refractivity contribution in [3.63, 3.8) is 0 Å².